The molecule has 182 valence electrons. The molecular weight excluding hydrogens is 442 g/mol. The van der Waals surface area contributed by atoms with Gasteiger partial charge in [0.1, 0.15) is 17.6 Å². The number of benzene rings is 1. The number of anilines is 1. The van der Waals surface area contributed by atoms with Gasteiger partial charge in [-0.1, -0.05) is 19.9 Å². The SMILES string of the molecule is CC[C@H]1CN(C(C)c2ccc3ocnc3c2)[C@H](CC)CN1c1cc(=O)n(C)c2cn(CC#N)nc12. The van der Waals surface area contributed by atoms with Crippen LogP contribution in [0, 0.1) is 11.3 Å². The third-order valence-corrected chi connectivity index (χ3v) is 7.49. The van der Waals surface area contributed by atoms with Gasteiger partial charge in [0.15, 0.2) is 12.0 Å². The van der Waals surface area contributed by atoms with Gasteiger partial charge < -0.3 is 13.9 Å². The fraction of sp³-hybridized carbons (Fsp3) is 0.462. The molecule has 0 aliphatic carbocycles. The van der Waals surface area contributed by atoms with E-state index >= 15 is 0 Å². The van der Waals surface area contributed by atoms with Gasteiger partial charge in [0.25, 0.3) is 5.56 Å². The van der Waals surface area contributed by atoms with Crippen LogP contribution in [-0.4, -0.2) is 49.4 Å². The van der Waals surface area contributed by atoms with Crippen molar-refractivity contribution in [2.24, 2.45) is 7.05 Å². The molecule has 0 amide bonds. The number of nitriles is 1. The van der Waals surface area contributed by atoms with E-state index in [0.29, 0.717) is 6.04 Å². The molecule has 0 bridgehead atoms. The molecule has 0 saturated carbocycles. The van der Waals surface area contributed by atoms with Gasteiger partial charge in [0.2, 0.25) is 0 Å². The minimum atomic E-state index is -0.0661. The van der Waals surface area contributed by atoms with Crippen LogP contribution in [0.5, 0.6) is 0 Å². The standard InChI is InChI=1S/C26H31N7O2/c1-5-19-14-33(22-12-25(34)30(4)23-15-31(10-9-27)29-26(22)23)20(6-2)13-32(19)17(3)18-7-8-24-21(11-18)28-16-35-24/h7-8,11-12,15-17,19-20H,5-6,10,13-14H2,1-4H3/t17?,19-,20+/m1/s1. The van der Waals surface area contributed by atoms with Crippen molar-refractivity contribution in [1.29, 1.82) is 5.26 Å². The first-order chi connectivity index (χ1) is 16.9. The lowest BCUT2D eigenvalue weighted by Crippen LogP contribution is -2.58. The van der Waals surface area contributed by atoms with Gasteiger partial charge in [-0.3, -0.25) is 14.4 Å². The Bertz CT molecular complexity index is 1460. The summed E-state index contributed by atoms with van der Waals surface area (Å²) >= 11 is 0. The van der Waals surface area contributed by atoms with E-state index in [-0.39, 0.29) is 24.2 Å². The molecule has 1 aliphatic rings. The van der Waals surface area contributed by atoms with Crippen LogP contribution in [0.15, 0.2) is 46.1 Å². The molecule has 4 heterocycles. The molecule has 1 aromatic carbocycles. The maximum absolute atomic E-state index is 12.9. The minimum Gasteiger partial charge on any atom is -0.443 e. The number of hydrogen-bond acceptors (Lipinski definition) is 7. The average molecular weight is 474 g/mol. The minimum absolute atomic E-state index is 0.0661. The van der Waals surface area contributed by atoms with Crippen molar-refractivity contribution in [2.45, 2.75) is 58.3 Å². The highest BCUT2D eigenvalue weighted by Crippen LogP contribution is 2.34. The number of nitrogens with zero attached hydrogens (tertiary/aromatic N) is 7. The van der Waals surface area contributed by atoms with E-state index in [1.165, 1.54) is 12.0 Å². The molecule has 1 fully saturated rings. The highest BCUT2D eigenvalue weighted by molar-refractivity contribution is 5.88. The molecule has 1 aliphatic heterocycles. The largest absolute Gasteiger partial charge is 0.443 e. The molecule has 4 aromatic rings. The van der Waals surface area contributed by atoms with Gasteiger partial charge >= 0.3 is 0 Å². The van der Waals surface area contributed by atoms with Crippen molar-refractivity contribution < 1.29 is 4.42 Å². The highest BCUT2D eigenvalue weighted by Gasteiger charge is 2.36. The first-order valence-corrected chi connectivity index (χ1v) is 12.2. The topological polar surface area (TPSA) is 96.1 Å². The quantitative estimate of drug-likeness (QED) is 0.420. The summed E-state index contributed by atoms with van der Waals surface area (Å²) in [7, 11) is 1.75. The summed E-state index contributed by atoms with van der Waals surface area (Å²) in [5, 5.41) is 13.8. The van der Waals surface area contributed by atoms with Crippen molar-refractivity contribution in [3.8, 4) is 6.07 Å². The Balaban J connectivity index is 1.51. The van der Waals surface area contributed by atoms with Crippen molar-refractivity contribution in [3.63, 3.8) is 0 Å². The van der Waals surface area contributed by atoms with Crippen molar-refractivity contribution in [2.75, 3.05) is 18.0 Å². The van der Waals surface area contributed by atoms with E-state index in [9.17, 15) is 4.79 Å². The normalized spacial score (nSPS) is 19.9. The van der Waals surface area contributed by atoms with Crippen molar-refractivity contribution >= 4 is 27.8 Å². The summed E-state index contributed by atoms with van der Waals surface area (Å²) in [4.78, 5) is 22.1. The second-order valence-electron chi connectivity index (χ2n) is 9.37. The van der Waals surface area contributed by atoms with Crippen LogP contribution in [0.25, 0.3) is 22.1 Å². The van der Waals surface area contributed by atoms with Crippen LogP contribution >= 0.6 is 0 Å². The average Bonchev–Trinajstić information content (AvgIpc) is 3.52. The Morgan fingerprint density at radius 3 is 2.74 bits per heavy atom. The van der Waals surface area contributed by atoms with Gasteiger partial charge in [0, 0.05) is 44.3 Å². The van der Waals surface area contributed by atoms with Gasteiger partial charge in [0.05, 0.1) is 23.5 Å². The number of aromatic nitrogens is 4. The Morgan fingerprint density at radius 2 is 2.00 bits per heavy atom. The molecule has 3 aromatic heterocycles. The number of piperazine rings is 1. The third kappa shape index (κ3) is 3.98. The number of fused-ring (bicyclic) bond motifs is 2. The fourth-order valence-corrected chi connectivity index (χ4v) is 5.39. The predicted octanol–water partition coefficient (Wildman–Crippen LogP) is 3.84. The summed E-state index contributed by atoms with van der Waals surface area (Å²) in [6, 6.07) is 10.8. The molecular formula is C26H31N7O2. The number of hydrogen-bond donors (Lipinski definition) is 0. The van der Waals surface area contributed by atoms with Crippen LogP contribution in [0.1, 0.15) is 45.2 Å². The molecule has 5 rings (SSSR count). The first-order valence-electron chi connectivity index (χ1n) is 12.2. The Kier molecular flexibility index (Phi) is 6.07. The summed E-state index contributed by atoms with van der Waals surface area (Å²) in [5.74, 6) is 0. The van der Waals surface area contributed by atoms with E-state index in [2.05, 4.69) is 58.9 Å². The summed E-state index contributed by atoms with van der Waals surface area (Å²) in [6.07, 6.45) is 5.21. The van der Waals surface area contributed by atoms with Crippen LogP contribution in [0.4, 0.5) is 5.69 Å². The van der Waals surface area contributed by atoms with E-state index < -0.39 is 0 Å². The second-order valence-corrected chi connectivity index (χ2v) is 9.37. The zero-order chi connectivity index (χ0) is 24.7. The molecule has 0 radical (unpaired) electrons. The van der Waals surface area contributed by atoms with Crippen LogP contribution in [0.3, 0.4) is 0 Å². The summed E-state index contributed by atoms with van der Waals surface area (Å²) in [6.45, 7) is 8.50. The van der Waals surface area contributed by atoms with Crippen LogP contribution in [0.2, 0.25) is 0 Å². The molecule has 0 spiro atoms. The number of oxazole rings is 1. The molecule has 35 heavy (non-hydrogen) atoms. The molecule has 9 heteroatoms. The Labute approximate surface area is 204 Å². The zero-order valence-electron chi connectivity index (χ0n) is 20.7. The van der Waals surface area contributed by atoms with Gasteiger partial charge in [-0.05, 0) is 37.5 Å². The highest BCUT2D eigenvalue weighted by atomic mass is 16.3. The number of aryl methyl sites for hydroxylation is 1. The molecule has 0 N–H and O–H groups in total. The van der Waals surface area contributed by atoms with Crippen molar-refractivity contribution in [1.82, 2.24) is 24.2 Å². The summed E-state index contributed by atoms with van der Waals surface area (Å²) < 4.78 is 8.65. The second kappa shape index (κ2) is 9.19. The van der Waals surface area contributed by atoms with E-state index in [4.69, 9.17) is 9.68 Å². The van der Waals surface area contributed by atoms with Gasteiger partial charge in [-0.2, -0.15) is 10.4 Å². The zero-order valence-corrected chi connectivity index (χ0v) is 20.7. The van der Waals surface area contributed by atoms with Gasteiger partial charge in [-0.15, -0.1) is 0 Å². The lowest BCUT2D eigenvalue weighted by atomic mass is 9.96. The maximum Gasteiger partial charge on any atom is 0.252 e. The van der Waals surface area contributed by atoms with Crippen LogP contribution in [-0.2, 0) is 13.6 Å². The molecule has 3 atom stereocenters. The lowest BCUT2D eigenvalue weighted by molar-refractivity contribution is 0.101. The predicted molar refractivity (Wildman–Crippen MR) is 135 cm³/mol. The Morgan fingerprint density at radius 1 is 1.20 bits per heavy atom. The maximum atomic E-state index is 12.9. The molecule has 9 nitrogen and oxygen atoms in total. The van der Waals surface area contributed by atoms with E-state index in [1.54, 1.807) is 28.6 Å². The number of rotatable bonds is 6. The molecule has 1 saturated heterocycles. The Hall–Kier alpha value is -3.64. The molecule has 1 unspecified atom stereocenters. The smallest absolute Gasteiger partial charge is 0.252 e. The van der Waals surface area contributed by atoms with Crippen LogP contribution < -0.4 is 10.5 Å². The lowest BCUT2D eigenvalue weighted by Gasteiger charge is -2.49. The third-order valence-electron chi connectivity index (χ3n) is 7.49. The first kappa shape index (κ1) is 23.1. The van der Waals surface area contributed by atoms with E-state index in [0.717, 1.165) is 53.8 Å². The monoisotopic (exact) mass is 473 g/mol. The summed E-state index contributed by atoms with van der Waals surface area (Å²) in [5.41, 5.74) is 5.22. The van der Waals surface area contributed by atoms with Gasteiger partial charge in [-0.25, -0.2) is 4.98 Å². The van der Waals surface area contributed by atoms with E-state index in [1.807, 2.05) is 6.07 Å². The number of pyridine rings is 1. The fourth-order valence-electron chi connectivity index (χ4n) is 5.39. The van der Waals surface area contributed by atoms with Crippen molar-refractivity contribution in [3.05, 3.63) is 52.8 Å².